The van der Waals surface area contributed by atoms with Crippen molar-refractivity contribution in [3.05, 3.63) is 75.9 Å². The Bertz CT molecular complexity index is 1530. The molecule has 1 N–H and O–H groups in total. The van der Waals surface area contributed by atoms with Gasteiger partial charge < -0.3 is 9.80 Å². The second kappa shape index (κ2) is 10.4. The molecule has 2 aromatic carbocycles. The fourth-order valence-electron chi connectivity index (χ4n) is 7.38. The Morgan fingerprint density at radius 3 is 2.40 bits per heavy atom. The first-order valence-electron chi connectivity index (χ1n) is 14.8. The van der Waals surface area contributed by atoms with Gasteiger partial charge in [0.15, 0.2) is 0 Å². The number of halogens is 2. The zero-order chi connectivity index (χ0) is 29.1. The molecule has 1 aliphatic carbocycles. The van der Waals surface area contributed by atoms with Crippen molar-refractivity contribution >= 4 is 29.2 Å². The third kappa shape index (κ3) is 4.52. The Labute approximate surface area is 242 Å². The Morgan fingerprint density at radius 2 is 1.67 bits per heavy atom. The van der Waals surface area contributed by atoms with Crippen LogP contribution in [0.25, 0.3) is 5.57 Å². The molecule has 5 aliphatic heterocycles. The number of rotatable bonds is 5. The maximum absolute atomic E-state index is 15.8. The molecule has 4 fully saturated rings. The van der Waals surface area contributed by atoms with Crippen molar-refractivity contribution in [1.82, 2.24) is 20.0 Å². The second-order valence-electron chi connectivity index (χ2n) is 12.1. The van der Waals surface area contributed by atoms with Crippen LogP contribution in [0.2, 0.25) is 0 Å². The molecule has 3 unspecified atom stereocenters. The molecule has 0 radical (unpaired) electrons. The van der Waals surface area contributed by atoms with E-state index in [2.05, 4.69) is 10.2 Å². The molecule has 8 rings (SSSR count). The third-order valence-corrected chi connectivity index (χ3v) is 9.63. The highest BCUT2D eigenvalue weighted by atomic mass is 19.1. The van der Waals surface area contributed by atoms with Gasteiger partial charge in [-0.25, -0.2) is 8.78 Å². The smallest absolute Gasteiger partial charge is 0.255 e. The van der Waals surface area contributed by atoms with Crippen molar-refractivity contribution < 1.29 is 28.0 Å². The highest BCUT2D eigenvalue weighted by Crippen LogP contribution is 2.39. The molecule has 10 heteroatoms. The highest BCUT2D eigenvalue weighted by molar-refractivity contribution is 6.05. The van der Waals surface area contributed by atoms with Crippen LogP contribution in [0.5, 0.6) is 0 Å². The number of amides is 4. The predicted octanol–water partition coefficient (Wildman–Crippen LogP) is 3.54. The third-order valence-electron chi connectivity index (χ3n) is 9.63. The van der Waals surface area contributed by atoms with Gasteiger partial charge in [-0.3, -0.25) is 29.4 Å². The zero-order valence-electron chi connectivity index (χ0n) is 23.2. The van der Waals surface area contributed by atoms with E-state index in [9.17, 15) is 23.6 Å². The van der Waals surface area contributed by atoms with E-state index in [1.165, 1.54) is 17.0 Å². The van der Waals surface area contributed by atoms with Gasteiger partial charge in [-0.05, 0) is 67.9 Å². The fraction of sp³-hybridized carbons (Fsp3) is 0.438. The number of nitrogens with zero attached hydrogens (tertiary/aromatic N) is 3. The molecule has 42 heavy (non-hydrogen) atoms. The number of hydrogen-bond acceptors (Lipinski definition) is 5. The summed E-state index contributed by atoms with van der Waals surface area (Å²) >= 11 is 0. The van der Waals surface area contributed by atoms with Gasteiger partial charge in [0.25, 0.3) is 5.91 Å². The first kappa shape index (κ1) is 26.9. The molecular weight excluding hydrogens is 542 g/mol. The van der Waals surface area contributed by atoms with Crippen molar-refractivity contribution in [2.24, 2.45) is 0 Å². The van der Waals surface area contributed by atoms with Gasteiger partial charge in [0.2, 0.25) is 17.7 Å². The van der Waals surface area contributed by atoms with Crippen LogP contribution >= 0.6 is 0 Å². The maximum Gasteiger partial charge on any atom is 0.255 e. The van der Waals surface area contributed by atoms with Crippen LogP contribution in [-0.2, 0) is 27.5 Å². The molecule has 2 aromatic rings. The van der Waals surface area contributed by atoms with Crippen LogP contribution in [0.3, 0.4) is 0 Å². The van der Waals surface area contributed by atoms with Crippen molar-refractivity contribution in [1.29, 1.82) is 0 Å². The van der Waals surface area contributed by atoms with Gasteiger partial charge in [0, 0.05) is 60.4 Å². The molecule has 2 bridgehead atoms. The standard InChI is InChI=1S/C32H32F2N4O4/c33-20-8-5-18(6-9-20)23-3-1-2-4-24(23)31(41)36-15-21-13-22(16-36)37(21)14-19-7-10-25-26(29(19)34)17-38(32(25)42)27-11-12-28(39)35-30(27)40/h5-10,21-22,27H,1-4,11-17H2,(H,35,39,40). The molecule has 8 nitrogen and oxygen atoms in total. The Hall–Kier alpha value is -3.92. The lowest BCUT2D eigenvalue weighted by Gasteiger charge is -2.56. The van der Waals surface area contributed by atoms with Crippen LogP contribution in [0.15, 0.2) is 42.0 Å². The first-order chi connectivity index (χ1) is 20.3. The van der Waals surface area contributed by atoms with Gasteiger partial charge in [-0.1, -0.05) is 18.2 Å². The summed E-state index contributed by atoms with van der Waals surface area (Å²) in [6.07, 6.45) is 4.81. The topological polar surface area (TPSA) is 90.0 Å². The van der Waals surface area contributed by atoms with Gasteiger partial charge in [-0.15, -0.1) is 0 Å². The van der Waals surface area contributed by atoms with Gasteiger partial charge in [0.1, 0.15) is 17.7 Å². The molecule has 0 spiro atoms. The van der Waals surface area contributed by atoms with Gasteiger partial charge in [0.05, 0.1) is 6.54 Å². The van der Waals surface area contributed by atoms with E-state index in [4.69, 9.17) is 0 Å². The summed E-state index contributed by atoms with van der Waals surface area (Å²) in [4.78, 5) is 56.1. The molecule has 6 aliphatic rings. The normalized spacial score (nSPS) is 25.9. The van der Waals surface area contributed by atoms with Crippen molar-refractivity contribution in [2.45, 2.75) is 76.2 Å². The van der Waals surface area contributed by atoms with Crippen molar-refractivity contribution in [2.75, 3.05) is 13.1 Å². The molecule has 5 heterocycles. The highest BCUT2D eigenvalue weighted by Gasteiger charge is 2.47. The molecule has 0 saturated carbocycles. The minimum Gasteiger partial charge on any atom is -0.336 e. The number of carbonyl (C=O) groups excluding carboxylic acids is 4. The van der Waals surface area contributed by atoms with E-state index in [-0.39, 0.29) is 54.7 Å². The second-order valence-corrected chi connectivity index (χ2v) is 12.1. The van der Waals surface area contributed by atoms with E-state index in [0.29, 0.717) is 30.8 Å². The summed E-state index contributed by atoms with van der Waals surface area (Å²) in [6.45, 7) is 1.53. The van der Waals surface area contributed by atoms with E-state index in [1.54, 1.807) is 24.3 Å². The number of imide groups is 1. The van der Waals surface area contributed by atoms with Gasteiger partial charge >= 0.3 is 0 Å². The summed E-state index contributed by atoms with van der Waals surface area (Å²) in [5, 5.41) is 2.27. The average molecular weight is 575 g/mol. The Morgan fingerprint density at radius 1 is 0.929 bits per heavy atom. The number of allylic oxidation sites excluding steroid dienone is 1. The quantitative estimate of drug-likeness (QED) is 0.552. The van der Waals surface area contributed by atoms with E-state index >= 15 is 4.39 Å². The van der Waals surface area contributed by atoms with Crippen LogP contribution in [0.4, 0.5) is 8.78 Å². The molecule has 3 atom stereocenters. The lowest BCUT2D eigenvalue weighted by Crippen LogP contribution is -2.69. The monoisotopic (exact) mass is 574 g/mol. The predicted molar refractivity (Wildman–Crippen MR) is 149 cm³/mol. The summed E-state index contributed by atoms with van der Waals surface area (Å²) in [5.41, 5.74) is 3.81. The minimum atomic E-state index is -0.786. The molecule has 4 saturated heterocycles. The SMILES string of the molecule is O=C1CCC(N2Cc3c(ccc(CN4C5CC4CN(C(=O)C4=C(c6ccc(F)cc6)CCCC4)C5)c3F)C2=O)C(=O)N1. The summed E-state index contributed by atoms with van der Waals surface area (Å²) < 4.78 is 29.3. The average Bonchev–Trinajstić information content (AvgIpc) is 3.33. The van der Waals surface area contributed by atoms with Gasteiger partial charge in [-0.2, -0.15) is 0 Å². The number of benzene rings is 2. The van der Waals surface area contributed by atoms with Crippen LogP contribution in [0, 0.1) is 11.6 Å². The van der Waals surface area contributed by atoms with Crippen molar-refractivity contribution in [3.63, 3.8) is 0 Å². The number of piperazine rings is 1. The minimum absolute atomic E-state index is 0.000748. The van der Waals surface area contributed by atoms with E-state index in [0.717, 1.165) is 48.8 Å². The molecular formula is C32H32F2N4O4. The number of carbonyl (C=O) groups is 4. The van der Waals surface area contributed by atoms with Crippen molar-refractivity contribution in [3.8, 4) is 0 Å². The van der Waals surface area contributed by atoms with Crippen LogP contribution < -0.4 is 5.32 Å². The largest absolute Gasteiger partial charge is 0.336 e. The summed E-state index contributed by atoms with van der Waals surface area (Å²) in [7, 11) is 0. The Balaban J connectivity index is 1.04. The lowest BCUT2D eigenvalue weighted by molar-refractivity contribution is -0.141. The number of piperidine rings is 2. The molecule has 218 valence electrons. The molecule has 0 aromatic heterocycles. The summed E-state index contributed by atoms with van der Waals surface area (Å²) in [6, 6.07) is 9.13. The number of hydrogen-bond donors (Lipinski definition) is 1. The first-order valence-corrected chi connectivity index (χ1v) is 14.8. The number of fused-ring (bicyclic) bond motifs is 3. The number of nitrogens with one attached hydrogen (secondary N) is 1. The van der Waals surface area contributed by atoms with Crippen LogP contribution in [-0.4, -0.2) is 69.5 Å². The fourth-order valence-corrected chi connectivity index (χ4v) is 7.38. The van der Waals surface area contributed by atoms with E-state index in [1.807, 2.05) is 4.90 Å². The maximum atomic E-state index is 15.8. The summed E-state index contributed by atoms with van der Waals surface area (Å²) in [5.74, 6) is -1.94. The zero-order valence-corrected chi connectivity index (χ0v) is 23.2. The molecule has 4 amide bonds. The lowest BCUT2D eigenvalue weighted by atomic mass is 9.83. The van der Waals surface area contributed by atoms with E-state index < -0.39 is 23.7 Å². The van der Waals surface area contributed by atoms with Crippen LogP contribution in [0.1, 0.15) is 72.0 Å². The Kier molecular flexibility index (Phi) is 6.68.